The van der Waals surface area contributed by atoms with Crippen molar-refractivity contribution in [3.05, 3.63) is 42.7 Å². The van der Waals surface area contributed by atoms with E-state index in [9.17, 15) is 0 Å². The summed E-state index contributed by atoms with van der Waals surface area (Å²) in [6.07, 6.45) is 1.23. The zero-order valence-electron chi connectivity index (χ0n) is 11.6. The van der Waals surface area contributed by atoms with E-state index >= 15 is 0 Å². The van der Waals surface area contributed by atoms with Gasteiger partial charge in [0.25, 0.3) is 0 Å². The van der Waals surface area contributed by atoms with Gasteiger partial charge in [0.05, 0.1) is 9.83 Å². The average Bonchev–Trinajstić information content (AvgIpc) is 2.93. The minimum Gasteiger partial charge on any atom is -0.315 e. The van der Waals surface area contributed by atoms with Crippen LogP contribution in [0.2, 0.25) is 0 Å². The van der Waals surface area contributed by atoms with Gasteiger partial charge in [-0.1, -0.05) is 0 Å². The van der Waals surface area contributed by atoms with Gasteiger partial charge in [-0.25, -0.2) is 0 Å². The van der Waals surface area contributed by atoms with Crippen molar-refractivity contribution in [2.45, 2.75) is 19.4 Å². The molecule has 1 unspecified atom stereocenters. The number of thiophene rings is 2. The molecule has 1 aliphatic heterocycles. The van der Waals surface area contributed by atoms with E-state index in [0.717, 1.165) is 19.6 Å². The minimum absolute atomic E-state index is 0.422. The van der Waals surface area contributed by atoms with Gasteiger partial charge in [0.15, 0.2) is 0 Å². The molecule has 0 aromatic carbocycles. The molecule has 1 fully saturated rings. The van der Waals surface area contributed by atoms with Gasteiger partial charge in [-0.3, -0.25) is 4.90 Å². The smallest absolute Gasteiger partial charge is 0.0793 e. The summed E-state index contributed by atoms with van der Waals surface area (Å²) < 4.78 is 1.22. The summed E-state index contributed by atoms with van der Waals surface area (Å²) in [5.41, 5.74) is 1.42. The molecule has 0 spiro atoms. The van der Waals surface area contributed by atoms with Crippen LogP contribution in [0.4, 0.5) is 0 Å². The Morgan fingerprint density at radius 3 is 2.85 bits per heavy atom. The van der Waals surface area contributed by atoms with Gasteiger partial charge in [-0.15, -0.1) is 22.7 Å². The SMILES string of the molecule is Cc1ccsc1C(c1ccc(Br)s1)N1CCCNCC1. The predicted octanol–water partition coefficient (Wildman–Crippen LogP) is 4.27. The van der Waals surface area contributed by atoms with Gasteiger partial charge in [0.1, 0.15) is 0 Å². The molecular weight excluding hydrogens is 352 g/mol. The molecule has 0 amide bonds. The lowest BCUT2D eigenvalue weighted by atomic mass is 10.1. The first-order chi connectivity index (χ1) is 9.75. The van der Waals surface area contributed by atoms with Gasteiger partial charge in [0, 0.05) is 29.4 Å². The molecule has 0 aliphatic carbocycles. The molecule has 2 aromatic rings. The highest BCUT2D eigenvalue weighted by atomic mass is 79.9. The van der Waals surface area contributed by atoms with Crippen LogP contribution in [-0.4, -0.2) is 31.1 Å². The zero-order valence-corrected chi connectivity index (χ0v) is 14.8. The summed E-state index contributed by atoms with van der Waals surface area (Å²) in [5.74, 6) is 0. The Kier molecular flexibility index (Phi) is 4.94. The Morgan fingerprint density at radius 1 is 1.25 bits per heavy atom. The minimum atomic E-state index is 0.422. The zero-order chi connectivity index (χ0) is 13.9. The first kappa shape index (κ1) is 14.7. The van der Waals surface area contributed by atoms with Crippen LogP contribution in [0.25, 0.3) is 0 Å². The molecular formula is C15H19BrN2S2. The van der Waals surface area contributed by atoms with Gasteiger partial charge in [-0.05, 0) is 65.0 Å². The fourth-order valence-electron chi connectivity index (χ4n) is 2.74. The van der Waals surface area contributed by atoms with E-state index in [-0.39, 0.29) is 0 Å². The number of hydrogen-bond acceptors (Lipinski definition) is 4. The topological polar surface area (TPSA) is 15.3 Å². The molecule has 108 valence electrons. The highest BCUT2D eigenvalue weighted by Gasteiger charge is 2.26. The fraction of sp³-hybridized carbons (Fsp3) is 0.467. The van der Waals surface area contributed by atoms with Gasteiger partial charge in [0.2, 0.25) is 0 Å². The molecule has 1 saturated heterocycles. The highest BCUT2D eigenvalue weighted by Crippen LogP contribution is 2.39. The van der Waals surface area contributed by atoms with Crippen molar-refractivity contribution in [2.24, 2.45) is 0 Å². The fourth-order valence-corrected chi connectivity index (χ4v) is 5.46. The van der Waals surface area contributed by atoms with Crippen LogP contribution in [0, 0.1) is 6.92 Å². The monoisotopic (exact) mass is 370 g/mol. The van der Waals surface area contributed by atoms with Gasteiger partial charge in [-0.2, -0.15) is 0 Å². The van der Waals surface area contributed by atoms with Crippen LogP contribution < -0.4 is 5.32 Å². The third-order valence-corrected chi connectivity index (χ3v) is 6.50. The maximum Gasteiger partial charge on any atom is 0.0793 e. The van der Waals surface area contributed by atoms with Crippen molar-refractivity contribution in [3.63, 3.8) is 0 Å². The summed E-state index contributed by atoms with van der Waals surface area (Å²) in [5, 5.41) is 5.72. The second-order valence-corrected chi connectivity index (χ2v) is 8.59. The lowest BCUT2D eigenvalue weighted by Gasteiger charge is -2.29. The van der Waals surface area contributed by atoms with Crippen molar-refractivity contribution in [1.82, 2.24) is 10.2 Å². The quantitative estimate of drug-likeness (QED) is 0.867. The summed E-state index contributed by atoms with van der Waals surface area (Å²) in [4.78, 5) is 5.59. The first-order valence-corrected chi connectivity index (χ1v) is 9.48. The molecule has 3 rings (SSSR count). The van der Waals surface area contributed by atoms with Crippen LogP contribution in [-0.2, 0) is 0 Å². The van der Waals surface area contributed by atoms with Crippen molar-refractivity contribution in [2.75, 3.05) is 26.2 Å². The Labute approximate surface area is 136 Å². The highest BCUT2D eigenvalue weighted by molar-refractivity contribution is 9.11. The van der Waals surface area contributed by atoms with E-state index in [1.165, 1.54) is 32.1 Å². The van der Waals surface area contributed by atoms with Crippen molar-refractivity contribution >= 4 is 38.6 Å². The molecule has 20 heavy (non-hydrogen) atoms. The Morgan fingerprint density at radius 2 is 2.15 bits per heavy atom. The largest absolute Gasteiger partial charge is 0.315 e. The molecule has 2 nitrogen and oxygen atoms in total. The molecule has 3 heterocycles. The maximum absolute atomic E-state index is 3.61. The van der Waals surface area contributed by atoms with Crippen LogP contribution in [0.15, 0.2) is 27.4 Å². The molecule has 1 aliphatic rings. The Bertz CT molecular complexity index is 556. The Hall–Kier alpha value is -0.200. The van der Waals surface area contributed by atoms with Crippen LogP contribution in [0.1, 0.15) is 27.8 Å². The van der Waals surface area contributed by atoms with Crippen molar-refractivity contribution < 1.29 is 0 Å². The molecule has 1 atom stereocenters. The number of rotatable bonds is 3. The number of nitrogens with zero attached hydrogens (tertiary/aromatic N) is 1. The van der Waals surface area contributed by atoms with E-state index in [2.05, 4.69) is 56.6 Å². The van der Waals surface area contributed by atoms with Gasteiger partial charge < -0.3 is 5.32 Å². The molecule has 2 aromatic heterocycles. The van der Waals surface area contributed by atoms with E-state index in [0.29, 0.717) is 6.04 Å². The van der Waals surface area contributed by atoms with Crippen molar-refractivity contribution in [1.29, 1.82) is 0 Å². The summed E-state index contributed by atoms with van der Waals surface area (Å²) >= 11 is 7.37. The third kappa shape index (κ3) is 3.17. The van der Waals surface area contributed by atoms with E-state index in [4.69, 9.17) is 0 Å². The summed E-state index contributed by atoms with van der Waals surface area (Å²) in [7, 11) is 0. The van der Waals surface area contributed by atoms with Crippen LogP contribution in [0.5, 0.6) is 0 Å². The third-order valence-electron chi connectivity index (χ3n) is 3.75. The number of nitrogens with one attached hydrogen (secondary N) is 1. The molecule has 1 N–H and O–H groups in total. The van der Waals surface area contributed by atoms with Crippen LogP contribution >= 0.6 is 38.6 Å². The second-order valence-electron chi connectivity index (χ2n) is 5.15. The Balaban J connectivity index is 1.96. The normalized spacial score (nSPS) is 18.9. The average molecular weight is 371 g/mol. The lowest BCUT2D eigenvalue weighted by Crippen LogP contribution is -2.32. The standard InChI is InChI=1S/C15H19BrN2S2/c1-11-5-10-19-15(11)14(12-3-4-13(16)20-12)18-8-2-6-17-7-9-18/h3-5,10,14,17H,2,6-9H2,1H3. The summed E-state index contributed by atoms with van der Waals surface area (Å²) in [6, 6.07) is 7.11. The second kappa shape index (κ2) is 6.71. The molecule has 0 bridgehead atoms. The number of hydrogen-bond donors (Lipinski definition) is 1. The predicted molar refractivity (Wildman–Crippen MR) is 92.0 cm³/mol. The summed E-state index contributed by atoms with van der Waals surface area (Å²) in [6.45, 7) is 6.76. The van der Waals surface area contributed by atoms with E-state index in [1.807, 2.05) is 22.7 Å². The number of halogens is 1. The van der Waals surface area contributed by atoms with E-state index < -0.39 is 0 Å². The van der Waals surface area contributed by atoms with Crippen LogP contribution in [0.3, 0.4) is 0 Å². The molecule has 0 saturated carbocycles. The molecule has 5 heteroatoms. The van der Waals surface area contributed by atoms with E-state index in [1.54, 1.807) is 0 Å². The van der Waals surface area contributed by atoms with Gasteiger partial charge >= 0.3 is 0 Å². The van der Waals surface area contributed by atoms with Crippen molar-refractivity contribution in [3.8, 4) is 0 Å². The number of aryl methyl sites for hydroxylation is 1. The molecule has 0 radical (unpaired) electrons. The maximum atomic E-state index is 3.61. The first-order valence-electron chi connectivity index (χ1n) is 6.99. The lowest BCUT2D eigenvalue weighted by molar-refractivity contribution is 0.246.